The molecule has 1 saturated heterocycles. The van der Waals surface area contributed by atoms with E-state index in [4.69, 9.17) is 4.52 Å². The van der Waals surface area contributed by atoms with Gasteiger partial charge in [0, 0.05) is 13.1 Å². The Morgan fingerprint density at radius 3 is 2.52 bits per heavy atom. The minimum Gasteiger partial charge on any atom is -0.360 e. The summed E-state index contributed by atoms with van der Waals surface area (Å²) >= 11 is 0. The minimum absolute atomic E-state index is 0.0120. The average Bonchev–Trinajstić information content (AvgIpc) is 2.91. The van der Waals surface area contributed by atoms with Crippen molar-refractivity contribution >= 4 is 15.9 Å². The molecule has 2 N–H and O–H groups in total. The van der Waals surface area contributed by atoms with Crippen molar-refractivity contribution in [1.82, 2.24) is 20.1 Å². The summed E-state index contributed by atoms with van der Waals surface area (Å²) < 4.78 is 32.4. The second kappa shape index (κ2) is 8.29. The highest BCUT2D eigenvalue weighted by molar-refractivity contribution is 7.89. The van der Waals surface area contributed by atoms with E-state index in [9.17, 15) is 13.2 Å². The van der Waals surface area contributed by atoms with Gasteiger partial charge in [-0.15, -0.1) is 0 Å². The SMILES string of the molecule is CNCCC1CCN(C(=O)C(C)NS(=O)(=O)c2c(C)noc2C)CC1. The number of carbonyl (C=O) groups is 1. The summed E-state index contributed by atoms with van der Waals surface area (Å²) in [5.74, 6) is 0.642. The number of amides is 1. The average molecular weight is 372 g/mol. The molecule has 1 aliphatic rings. The van der Waals surface area contributed by atoms with E-state index < -0.39 is 16.1 Å². The van der Waals surface area contributed by atoms with E-state index in [2.05, 4.69) is 15.2 Å². The monoisotopic (exact) mass is 372 g/mol. The van der Waals surface area contributed by atoms with Crippen LogP contribution < -0.4 is 10.0 Å². The number of aromatic nitrogens is 1. The quantitative estimate of drug-likeness (QED) is 0.734. The van der Waals surface area contributed by atoms with Gasteiger partial charge in [0.05, 0.1) is 6.04 Å². The van der Waals surface area contributed by atoms with Gasteiger partial charge in [-0.3, -0.25) is 4.79 Å². The van der Waals surface area contributed by atoms with Crippen LogP contribution in [-0.4, -0.2) is 57.1 Å². The van der Waals surface area contributed by atoms with Crippen molar-refractivity contribution < 1.29 is 17.7 Å². The summed E-state index contributed by atoms with van der Waals surface area (Å²) in [5.41, 5.74) is 0.287. The molecule has 1 atom stereocenters. The Bertz CT molecular complexity index is 673. The fourth-order valence-electron chi connectivity index (χ4n) is 3.26. The van der Waals surface area contributed by atoms with Gasteiger partial charge in [-0.05, 0) is 59.5 Å². The number of rotatable bonds is 7. The number of hydrogen-bond acceptors (Lipinski definition) is 6. The van der Waals surface area contributed by atoms with Crippen molar-refractivity contribution in [1.29, 1.82) is 0 Å². The molecule has 0 radical (unpaired) electrons. The van der Waals surface area contributed by atoms with Crippen molar-refractivity contribution in [3.8, 4) is 0 Å². The molecule has 8 nitrogen and oxygen atoms in total. The fourth-order valence-corrected chi connectivity index (χ4v) is 4.79. The summed E-state index contributed by atoms with van der Waals surface area (Å²) in [7, 11) is -1.91. The van der Waals surface area contributed by atoms with E-state index >= 15 is 0 Å². The molecule has 1 aliphatic heterocycles. The van der Waals surface area contributed by atoms with E-state index in [0.29, 0.717) is 19.0 Å². The van der Waals surface area contributed by atoms with E-state index in [1.54, 1.807) is 18.7 Å². The third kappa shape index (κ3) is 4.80. The highest BCUT2D eigenvalue weighted by Gasteiger charge is 2.31. The molecule has 1 aromatic heterocycles. The van der Waals surface area contributed by atoms with Crippen LogP contribution in [0, 0.1) is 19.8 Å². The highest BCUT2D eigenvalue weighted by Crippen LogP contribution is 2.22. The number of likely N-dealkylation sites (tertiary alicyclic amines) is 1. The predicted molar refractivity (Wildman–Crippen MR) is 93.6 cm³/mol. The van der Waals surface area contributed by atoms with Gasteiger partial charge in [-0.25, -0.2) is 8.42 Å². The van der Waals surface area contributed by atoms with Gasteiger partial charge in [0.1, 0.15) is 10.6 Å². The molecule has 0 saturated carbocycles. The molecular weight excluding hydrogens is 344 g/mol. The number of sulfonamides is 1. The zero-order valence-electron chi connectivity index (χ0n) is 15.3. The molecule has 142 valence electrons. The molecule has 25 heavy (non-hydrogen) atoms. The Labute approximate surface area is 149 Å². The van der Waals surface area contributed by atoms with E-state index in [1.165, 1.54) is 6.92 Å². The van der Waals surface area contributed by atoms with Gasteiger partial charge in [0.2, 0.25) is 15.9 Å². The zero-order valence-corrected chi connectivity index (χ0v) is 16.1. The van der Waals surface area contributed by atoms with Gasteiger partial charge >= 0.3 is 0 Å². The van der Waals surface area contributed by atoms with Gasteiger partial charge in [0.25, 0.3) is 0 Å². The fraction of sp³-hybridized carbons (Fsp3) is 0.750. The maximum atomic E-state index is 12.6. The number of carbonyl (C=O) groups excluding carboxylic acids is 1. The third-order valence-corrected chi connectivity index (χ3v) is 6.45. The van der Waals surface area contributed by atoms with E-state index in [-0.39, 0.29) is 22.3 Å². The van der Waals surface area contributed by atoms with Crippen LogP contribution >= 0.6 is 0 Å². The first kappa shape index (κ1) is 19.9. The third-order valence-electron chi connectivity index (χ3n) is 4.67. The van der Waals surface area contributed by atoms with E-state index in [1.807, 2.05) is 7.05 Å². The maximum absolute atomic E-state index is 12.6. The Kier molecular flexibility index (Phi) is 6.59. The van der Waals surface area contributed by atoms with Crippen molar-refractivity contribution in [2.24, 2.45) is 5.92 Å². The summed E-state index contributed by atoms with van der Waals surface area (Å²) in [6.45, 7) is 7.00. The topological polar surface area (TPSA) is 105 Å². The summed E-state index contributed by atoms with van der Waals surface area (Å²) in [4.78, 5) is 14.3. The number of hydrogen-bond donors (Lipinski definition) is 2. The van der Waals surface area contributed by atoms with Crippen LogP contribution in [-0.2, 0) is 14.8 Å². The first-order chi connectivity index (χ1) is 11.8. The summed E-state index contributed by atoms with van der Waals surface area (Å²) in [6.07, 6.45) is 3.01. The van der Waals surface area contributed by atoms with Crippen LogP contribution in [0.2, 0.25) is 0 Å². The lowest BCUT2D eigenvalue weighted by Gasteiger charge is -2.33. The lowest BCUT2D eigenvalue weighted by molar-refractivity contribution is -0.134. The number of nitrogens with one attached hydrogen (secondary N) is 2. The van der Waals surface area contributed by atoms with Gasteiger partial charge in [0.15, 0.2) is 5.76 Å². The van der Waals surface area contributed by atoms with Crippen molar-refractivity contribution in [3.05, 3.63) is 11.5 Å². The zero-order chi connectivity index (χ0) is 18.6. The molecule has 9 heteroatoms. The number of aryl methyl sites for hydroxylation is 2. The second-order valence-corrected chi connectivity index (χ2v) is 8.31. The molecule has 2 heterocycles. The van der Waals surface area contributed by atoms with Gasteiger partial charge in [-0.1, -0.05) is 5.16 Å². The molecule has 0 aliphatic carbocycles. The van der Waals surface area contributed by atoms with Gasteiger partial charge in [-0.2, -0.15) is 4.72 Å². The smallest absolute Gasteiger partial charge is 0.246 e. The Morgan fingerprint density at radius 1 is 1.36 bits per heavy atom. The molecule has 2 rings (SSSR count). The molecular formula is C16H28N4O4S. The van der Waals surface area contributed by atoms with Crippen molar-refractivity contribution in [2.45, 2.75) is 51.0 Å². The highest BCUT2D eigenvalue weighted by atomic mass is 32.2. The lowest BCUT2D eigenvalue weighted by Crippen LogP contribution is -2.49. The first-order valence-corrected chi connectivity index (χ1v) is 10.1. The second-order valence-electron chi connectivity index (χ2n) is 6.66. The standard InChI is InChI=1S/C16H28N4O4S/c1-11-15(13(3)24-18-11)25(22,23)19-12(2)16(21)20-9-6-14(7-10-20)5-8-17-4/h12,14,17,19H,5-10H2,1-4H3. The van der Waals surface area contributed by atoms with Crippen molar-refractivity contribution in [2.75, 3.05) is 26.7 Å². The van der Waals surface area contributed by atoms with Crippen LogP contribution in [0.1, 0.15) is 37.6 Å². The predicted octanol–water partition coefficient (Wildman–Crippen LogP) is 0.806. The number of nitrogens with zero attached hydrogens (tertiary/aromatic N) is 2. The van der Waals surface area contributed by atoms with Gasteiger partial charge < -0.3 is 14.7 Å². The van der Waals surface area contributed by atoms with Crippen LogP contribution in [0.4, 0.5) is 0 Å². The molecule has 1 aromatic rings. The molecule has 0 spiro atoms. The molecule has 1 amide bonds. The molecule has 0 aromatic carbocycles. The lowest BCUT2D eigenvalue weighted by atomic mass is 9.93. The molecule has 0 bridgehead atoms. The summed E-state index contributed by atoms with van der Waals surface area (Å²) in [6, 6.07) is -0.826. The Morgan fingerprint density at radius 2 is 2.00 bits per heavy atom. The van der Waals surface area contributed by atoms with Crippen molar-refractivity contribution in [3.63, 3.8) is 0 Å². The summed E-state index contributed by atoms with van der Waals surface area (Å²) in [5, 5.41) is 6.81. The first-order valence-electron chi connectivity index (χ1n) is 8.65. The largest absolute Gasteiger partial charge is 0.360 e. The minimum atomic E-state index is -3.85. The number of piperidine rings is 1. The maximum Gasteiger partial charge on any atom is 0.246 e. The van der Waals surface area contributed by atoms with E-state index in [0.717, 1.165) is 25.8 Å². The Hall–Kier alpha value is -1.45. The van der Waals surface area contributed by atoms with Crippen LogP contribution in [0.5, 0.6) is 0 Å². The van der Waals surface area contributed by atoms with Crippen LogP contribution in [0.25, 0.3) is 0 Å². The molecule has 1 unspecified atom stereocenters. The van der Waals surface area contributed by atoms with Crippen LogP contribution in [0.15, 0.2) is 9.42 Å². The normalized spacial score (nSPS) is 17.7. The Balaban J connectivity index is 1.95. The molecule has 1 fully saturated rings. The van der Waals surface area contributed by atoms with Crippen LogP contribution in [0.3, 0.4) is 0 Å².